The summed E-state index contributed by atoms with van der Waals surface area (Å²) in [6.07, 6.45) is 3.40. The van der Waals surface area contributed by atoms with Crippen molar-refractivity contribution in [1.29, 1.82) is 0 Å². The van der Waals surface area contributed by atoms with Crippen LogP contribution in [0, 0.1) is 5.41 Å². The maximum atomic E-state index is 5.91. The third-order valence-electron chi connectivity index (χ3n) is 3.40. The molecule has 0 aromatic carbocycles. The lowest BCUT2D eigenvalue weighted by Crippen LogP contribution is -2.71. The summed E-state index contributed by atoms with van der Waals surface area (Å²) < 4.78 is 0. The summed E-state index contributed by atoms with van der Waals surface area (Å²) in [5.74, 6) is 0.754. The van der Waals surface area contributed by atoms with E-state index in [2.05, 4.69) is 16.7 Å². The van der Waals surface area contributed by atoms with Gasteiger partial charge in [-0.3, -0.25) is 0 Å². The Morgan fingerprint density at radius 1 is 1.25 bits per heavy atom. The van der Waals surface area contributed by atoms with Crippen molar-refractivity contribution in [3.8, 4) is 0 Å². The molecule has 0 aromatic rings. The van der Waals surface area contributed by atoms with E-state index < -0.39 is 0 Å². The molecule has 2 heterocycles. The molecule has 0 unspecified atom stereocenters. The first kappa shape index (κ1) is 11.6. The topological polar surface area (TPSA) is 58.5 Å². The molecule has 4 N–H and O–H groups in total. The Hall–Kier alpha value is -0.870. The number of rotatable bonds is 3. The predicted molar refractivity (Wildman–Crippen MR) is 66.5 cm³/mol. The van der Waals surface area contributed by atoms with Crippen LogP contribution in [0.1, 0.15) is 6.92 Å². The summed E-state index contributed by atoms with van der Waals surface area (Å²) in [4.78, 5) is 4.62. The molecule has 5 heteroatoms. The Morgan fingerprint density at radius 2 is 1.88 bits per heavy atom. The van der Waals surface area contributed by atoms with Crippen LogP contribution >= 0.6 is 11.6 Å². The van der Waals surface area contributed by atoms with Crippen LogP contribution in [0.15, 0.2) is 23.1 Å². The minimum Gasteiger partial charge on any atom is -0.389 e. The maximum absolute atomic E-state index is 5.91. The van der Waals surface area contributed by atoms with Crippen LogP contribution in [-0.4, -0.2) is 42.5 Å². The van der Waals surface area contributed by atoms with Crippen LogP contribution in [0.2, 0.25) is 0 Å². The summed E-state index contributed by atoms with van der Waals surface area (Å²) in [6.45, 7) is 7.88. The molecule has 0 amide bonds. The van der Waals surface area contributed by atoms with Gasteiger partial charge in [-0.2, -0.15) is 0 Å². The smallest absolute Gasteiger partial charge is 0.0993 e. The number of allylic oxidation sites excluding steroid dienone is 2. The van der Waals surface area contributed by atoms with Crippen molar-refractivity contribution < 1.29 is 0 Å². The van der Waals surface area contributed by atoms with Gasteiger partial charge in [0.05, 0.1) is 11.0 Å². The first-order valence-electron chi connectivity index (χ1n) is 5.60. The van der Waals surface area contributed by atoms with Gasteiger partial charge in [-0.05, 0) is 18.7 Å². The van der Waals surface area contributed by atoms with Gasteiger partial charge in [-0.15, -0.1) is 0 Å². The van der Waals surface area contributed by atoms with E-state index >= 15 is 0 Å². The van der Waals surface area contributed by atoms with Gasteiger partial charge >= 0.3 is 0 Å². The Kier molecular flexibility index (Phi) is 3.04. The minimum atomic E-state index is 0.263. The second-order valence-corrected chi connectivity index (χ2v) is 5.24. The first-order chi connectivity index (χ1) is 7.54. The molecule has 0 aromatic heterocycles. The van der Waals surface area contributed by atoms with Gasteiger partial charge in [0.25, 0.3) is 0 Å². The van der Waals surface area contributed by atoms with E-state index in [-0.39, 0.29) is 5.16 Å². The van der Waals surface area contributed by atoms with Crippen molar-refractivity contribution in [3.05, 3.63) is 23.1 Å². The molecule has 2 fully saturated rings. The van der Waals surface area contributed by atoms with E-state index in [0.29, 0.717) is 5.41 Å². The fraction of sp³-hybridized carbons (Fsp3) is 0.636. The molecule has 2 saturated heterocycles. The van der Waals surface area contributed by atoms with E-state index in [0.717, 1.165) is 25.5 Å². The highest BCUT2D eigenvalue weighted by molar-refractivity contribution is 6.29. The lowest BCUT2D eigenvalue weighted by Gasteiger charge is -2.61. The highest BCUT2D eigenvalue weighted by atomic mass is 35.5. The molecule has 0 atom stereocenters. The number of nitrogens with zero attached hydrogens (tertiary/aromatic N) is 2. The number of hydrogen-bond donors (Lipinski definition) is 2. The lowest BCUT2D eigenvalue weighted by molar-refractivity contribution is -0.0984. The normalized spacial score (nSPS) is 25.5. The Bertz CT molecular complexity index is 319. The van der Waals surface area contributed by atoms with Crippen LogP contribution < -0.4 is 11.5 Å². The average Bonchev–Trinajstić information content (AvgIpc) is 2.10. The molecule has 2 aliphatic heterocycles. The molecule has 90 valence electrons. The zero-order valence-corrected chi connectivity index (χ0v) is 10.4. The standard InChI is InChI=1S/C11H19ClN4/c1-2-15-5-11(6-15)7-16(8-11)10(14)4-3-9(12)13/h3-4H,2,5-8,13-14H2,1H3/b9-3-,10-4+. The van der Waals surface area contributed by atoms with Gasteiger partial charge in [-0.25, -0.2) is 0 Å². The summed E-state index contributed by atoms with van der Waals surface area (Å²) in [7, 11) is 0. The van der Waals surface area contributed by atoms with Gasteiger partial charge in [0.2, 0.25) is 0 Å². The second kappa shape index (κ2) is 4.18. The Labute approximate surface area is 102 Å². The maximum Gasteiger partial charge on any atom is 0.0993 e. The molecule has 0 saturated carbocycles. The first-order valence-corrected chi connectivity index (χ1v) is 5.98. The van der Waals surface area contributed by atoms with E-state index in [1.165, 1.54) is 13.1 Å². The molecule has 0 radical (unpaired) electrons. The summed E-state index contributed by atoms with van der Waals surface area (Å²) in [6, 6.07) is 0. The van der Waals surface area contributed by atoms with Crippen molar-refractivity contribution in [2.75, 3.05) is 32.7 Å². The Morgan fingerprint density at radius 3 is 2.38 bits per heavy atom. The van der Waals surface area contributed by atoms with Crippen molar-refractivity contribution in [1.82, 2.24) is 9.80 Å². The molecule has 0 bridgehead atoms. The molecular weight excluding hydrogens is 224 g/mol. The van der Waals surface area contributed by atoms with E-state index in [9.17, 15) is 0 Å². The number of halogens is 1. The fourth-order valence-corrected chi connectivity index (χ4v) is 2.61. The van der Waals surface area contributed by atoms with Gasteiger partial charge in [0, 0.05) is 31.6 Å². The van der Waals surface area contributed by atoms with Crippen molar-refractivity contribution >= 4 is 11.6 Å². The quantitative estimate of drug-likeness (QED) is 0.558. The van der Waals surface area contributed by atoms with E-state index in [1.807, 2.05) is 0 Å². The monoisotopic (exact) mass is 242 g/mol. The summed E-state index contributed by atoms with van der Waals surface area (Å²) in [5.41, 5.74) is 11.7. The van der Waals surface area contributed by atoms with Crippen molar-refractivity contribution in [2.45, 2.75) is 6.92 Å². The fourth-order valence-electron chi connectivity index (χ4n) is 2.54. The SMILES string of the molecule is CCN1CC2(C1)CN(/C(N)=C/C=C(\N)Cl)C2. The highest BCUT2D eigenvalue weighted by Crippen LogP contribution is 2.40. The third-order valence-corrected chi connectivity index (χ3v) is 3.52. The van der Waals surface area contributed by atoms with Crippen LogP contribution in [0.25, 0.3) is 0 Å². The summed E-state index contributed by atoms with van der Waals surface area (Å²) >= 11 is 5.53. The largest absolute Gasteiger partial charge is 0.389 e. The molecule has 2 rings (SSSR count). The van der Waals surface area contributed by atoms with Gasteiger partial charge in [0.1, 0.15) is 0 Å². The molecule has 16 heavy (non-hydrogen) atoms. The summed E-state index contributed by atoms with van der Waals surface area (Å²) in [5, 5.41) is 0.263. The molecule has 4 nitrogen and oxygen atoms in total. The van der Waals surface area contributed by atoms with Crippen LogP contribution in [-0.2, 0) is 0 Å². The zero-order chi connectivity index (χ0) is 11.8. The van der Waals surface area contributed by atoms with Crippen molar-refractivity contribution in [3.63, 3.8) is 0 Å². The van der Waals surface area contributed by atoms with Gasteiger partial charge < -0.3 is 21.3 Å². The predicted octanol–water partition coefficient (Wildman–Crippen LogP) is 0.463. The molecular formula is C11H19ClN4. The van der Waals surface area contributed by atoms with Gasteiger partial charge in [0.15, 0.2) is 0 Å². The molecule has 1 spiro atoms. The molecule has 0 aliphatic carbocycles. The van der Waals surface area contributed by atoms with E-state index in [1.54, 1.807) is 12.2 Å². The Balaban J connectivity index is 1.81. The van der Waals surface area contributed by atoms with E-state index in [4.69, 9.17) is 23.1 Å². The van der Waals surface area contributed by atoms with Crippen LogP contribution in [0.3, 0.4) is 0 Å². The minimum absolute atomic E-state index is 0.263. The highest BCUT2D eigenvalue weighted by Gasteiger charge is 2.51. The zero-order valence-electron chi connectivity index (χ0n) is 9.62. The lowest BCUT2D eigenvalue weighted by atomic mass is 9.73. The number of likely N-dealkylation sites (tertiary alicyclic amines) is 2. The molecule has 2 aliphatic rings. The number of nitrogens with two attached hydrogens (primary N) is 2. The average molecular weight is 243 g/mol. The number of hydrogen-bond acceptors (Lipinski definition) is 4. The second-order valence-electron chi connectivity index (χ2n) is 4.80. The van der Waals surface area contributed by atoms with Gasteiger partial charge in [-0.1, -0.05) is 18.5 Å². The van der Waals surface area contributed by atoms with Crippen LogP contribution in [0.4, 0.5) is 0 Å². The van der Waals surface area contributed by atoms with Crippen molar-refractivity contribution in [2.24, 2.45) is 16.9 Å². The van der Waals surface area contributed by atoms with Crippen LogP contribution in [0.5, 0.6) is 0 Å². The third kappa shape index (κ3) is 2.13.